The van der Waals surface area contributed by atoms with Crippen LogP contribution in [0.4, 0.5) is 0 Å². The highest BCUT2D eigenvalue weighted by molar-refractivity contribution is 7.45. The first-order chi connectivity index (χ1) is 5.70. The molecule has 1 aliphatic heterocycles. The van der Waals surface area contributed by atoms with Crippen LogP contribution in [0.15, 0.2) is 4.99 Å². The fourth-order valence-corrected chi connectivity index (χ4v) is 0.532. The first kappa shape index (κ1) is 12.0. The first-order valence-corrected chi connectivity index (χ1v) is 4.63. The number of aliphatic imine (C=N–C) groups is 1. The molecule has 0 fully saturated rings. The van der Waals surface area contributed by atoms with Gasteiger partial charge in [0.1, 0.15) is 6.54 Å². The Morgan fingerprint density at radius 2 is 1.92 bits per heavy atom. The molecule has 0 aromatic heterocycles. The number of carbonyl (C=O) groups excluding carboxylic acids is 1. The minimum absolute atomic E-state index is 0.162. The van der Waals surface area contributed by atoms with Crippen LogP contribution < -0.4 is 5.73 Å². The zero-order valence-electron chi connectivity index (χ0n) is 6.78. The zero-order chi connectivity index (χ0) is 10.6. The molecule has 0 bridgehead atoms. The Morgan fingerprint density at radius 1 is 1.54 bits per heavy atom. The molecule has 0 aliphatic carbocycles. The molecule has 1 heterocycles. The van der Waals surface area contributed by atoms with Crippen molar-refractivity contribution in [2.45, 2.75) is 0 Å². The Labute approximate surface area is 73.9 Å². The molecule has 0 unspecified atom stereocenters. The normalized spacial score (nSPS) is 16.5. The van der Waals surface area contributed by atoms with Gasteiger partial charge in [-0.2, -0.15) is 4.99 Å². The summed E-state index contributed by atoms with van der Waals surface area (Å²) in [6.45, 7) is 0.325. The van der Waals surface area contributed by atoms with Gasteiger partial charge in [-0.25, -0.2) is 4.57 Å². The van der Waals surface area contributed by atoms with Crippen LogP contribution in [-0.4, -0.2) is 45.0 Å². The van der Waals surface area contributed by atoms with Crippen LogP contribution in [-0.2, 0) is 9.36 Å². The lowest BCUT2D eigenvalue weighted by molar-refractivity contribution is -0.116. The molecule has 13 heavy (non-hydrogen) atoms. The summed E-state index contributed by atoms with van der Waals surface area (Å²) in [7, 11) is -2.91. The number of hydrogen-bond donors (Lipinski definition) is 4. The Bertz CT molecular complexity index is 263. The van der Waals surface area contributed by atoms with Crippen molar-refractivity contribution >= 4 is 19.7 Å². The Kier molecular flexibility index (Phi) is 4.02. The molecule has 0 spiro atoms. The van der Waals surface area contributed by atoms with Gasteiger partial charge in [-0.3, -0.25) is 4.79 Å². The van der Waals surface area contributed by atoms with Gasteiger partial charge in [-0.1, -0.05) is 0 Å². The molecule has 0 saturated carbocycles. The number of hydrogen-bond acceptors (Lipinski definition) is 4. The van der Waals surface area contributed by atoms with Gasteiger partial charge >= 0.3 is 7.82 Å². The van der Waals surface area contributed by atoms with Crippen molar-refractivity contribution in [1.29, 1.82) is 0 Å². The Morgan fingerprint density at radius 3 is 2.00 bits per heavy atom. The first-order valence-electron chi connectivity index (χ1n) is 3.06. The largest absolute Gasteiger partial charge is 0.466 e. The topological polar surface area (TPSA) is 136 Å². The molecule has 0 atom stereocenters. The SMILES string of the molecule is CN1CC(=O)N=C1N.O=P(O)(O)O. The van der Waals surface area contributed by atoms with E-state index in [2.05, 4.69) is 4.99 Å². The predicted molar refractivity (Wildman–Crippen MR) is 43.5 cm³/mol. The highest BCUT2D eigenvalue weighted by atomic mass is 31.2. The molecule has 0 saturated heterocycles. The quantitative estimate of drug-likeness (QED) is 0.335. The molecule has 1 rings (SSSR count). The second-order valence-electron chi connectivity index (χ2n) is 2.23. The summed E-state index contributed by atoms with van der Waals surface area (Å²) in [5.74, 6) is 0.153. The van der Waals surface area contributed by atoms with Crippen molar-refractivity contribution < 1.29 is 24.0 Å². The molecule has 1 aliphatic rings. The van der Waals surface area contributed by atoms with E-state index in [9.17, 15) is 4.79 Å². The summed E-state index contributed by atoms with van der Waals surface area (Å²) in [5, 5.41) is 0. The number of phosphoric acid groups is 1. The maximum atomic E-state index is 10.4. The van der Waals surface area contributed by atoms with Crippen LogP contribution in [0.1, 0.15) is 0 Å². The smallest absolute Gasteiger partial charge is 0.369 e. The number of nitrogens with zero attached hydrogens (tertiary/aromatic N) is 2. The molecule has 1 amide bonds. The minimum Gasteiger partial charge on any atom is -0.369 e. The van der Waals surface area contributed by atoms with Gasteiger partial charge in [0.2, 0.25) is 0 Å². The third-order valence-corrected chi connectivity index (χ3v) is 1.00. The van der Waals surface area contributed by atoms with Crippen LogP contribution >= 0.6 is 7.82 Å². The number of amides is 1. The maximum absolute atomic E-state index is 10.4. The molecule has 9 heteroatoms. The second-order valence-corrected chi connectivity index (χ2v) is 3.26. The summed E-state index contributed by atoms with van der Waals surface area (Å²) in [6, 6.07) is 0. The van der Waals surface area contributed by atoms with E-state index in [1.54, 1.807) is 11.9 Å². The van der Waals surface area contributed by atoms with E-state index in [0.717, 1.165) is 0 Å². The zero-order valence-corrected chi connectivity index (χ0v) is 7.68. The van der Waals surface area contributed by atoms with Gasteiger partial charge in [-0.15, -0.1) is 0 Å². The average molecular weight is 211 g/mol. The molecule has 0 radical (unpaired) electrons. The number of nitrogens with two attached hydrogens (primary N) is 1. The Hall–Kier alpha value is -0.950. The van der Waals surface area contributed by atoms with Crippen molar-refractivity contribution in [3.8, 4) is 0 Å². The van der Waals surface area contributed by atoms with E-state index >= 15 is 0 Å². The van der Waals surface area contributed by atoms with E-state index in [4.69, 9.17) is 25.0 Å². The van der Waals surface area contributed by atoms with Gasteiger partial charge in [0.15, 0.2) is 5.96 Å². The van der Waals surface area contributed by atoms with Crippen LogP contribution in [0, 0.1) is 0 Å². The van der Waals surface area contributed by atoms with Crippen LogP contribution in [0.3, 0.4) is 0 Å². The van der Waals surface area contributed by atoms with E-state index in [-0.39, 0.29) is 5.91 Å². The van der Waals surface area contributed by atoms with E-state index in [1.807, 2.05) is 0 Å². The number of likely N-dealkylation sites (N-methyl/N-ethyl adjacent to an activating group) is 1. The lowest BCUT2D eigenvalue weighted by Gasteiger charge is -2.05. The predicted octanol–water partition coefficient (Wildman–Crippen LogP) is -2.16. The van der Waals surface area contributed by atoms with Crippen molar-refractivity contribution in [3.63, 3.8) is 0 Å². The van der Waals surface area contributed by atoms with Crippen LogP contribution in [0.5, 0.6) is 0 Å². The summed E-state index contributed by atoms with van der Waals surface area (Å²) in [4.78, 5) is 37.0. The third kappa shape index (κ3) is 7.41. The monoisotopic (exact) mass is 211 g/mol. The van der Waals surface area contributed by atoms with Gasteiger partial charge in [-0.05, 0) is 0 Å². The van der Waals surface area contributed by atoms with Crippen molar-refractivity contribution in [2.24, 2.45) is 10.7 Å². The standard InChI is InChI=1S/C4H7N3O.H3O4P/c1-7-2-3(8)6-4(7)5;1-5(2,3)4/h2H2,1H3,(H2,5,6,8);(H3,1,2,3,4). The van der Waals surface area contributed by atoms with Crippen molar-refractivity contribution in [3.05, 3.63) is 0 Å². The highest BCUT2D eigenvalue weighted by Gasteiger charge is 2.15. The number of carbonyl (C=O) groups is 1. The van der Waals surface area contributed by atoms with Gasteiger partial charge < -0.3 is 25.3 Å². The average Bonchev–Trinajstić information content (AvgIpc) is 2.05. The summed E-state index contributed by atoms with van der Waals surface area (Å²) in [6.07, 6.45) is 0. The lowest BCUT2D eigenvalue weighted by Crippen LogP contribution is -2.29. The fraction of sp³-hybridized carbons (Fsp3) is 0.500. The molecule has 0 aromatic carbocycles. The van der Waals surface area contributed by atoms with Gasteiger partial charge in [0.05, 0.1) is 0 Å². The van der Waals surface area contributed by atoms with E-state index in [1.165, 1.54) is 0 Å². The van der Waals surface area contributed by atoms with Gasteiger partial charge in [0.25, 0.3) is 5.91 Å². The third-order valence-electron chi connectivity index (χ3n) is 1.00. The van der Waals surface area contributed by atoms with Crippen molar-refractivity contribution in [1.82, 2.24) is 4.90 Å². The molecular weight excluding hydrogens is 201 g/mol. The maximum Gasteiger partial charge on any atom is 0.466 e. The highest BCUT2D eigenvalue weighted by Crippen LogP contribution is 2.25. The van der Waals surface area contributed by atoms with Crippen LogP contribution in [0.25, 0.3) is 0 Å². The number of guanidine groups is 1. The molecular formula is C4H10N3O5P. The van der Waals surface area contributed by atoms with E-state index < -0.39 is 7.82 Å². The van der Waals surface area contributed by atoms with Crippen LogP contribution in [0.2, 0.25) is 0 Å². The second kappa shape index (κ2) is 4.33. The Balaban J connectivity index is 0.000000252. The summed E-state index contributed by atoms with van der Waals surface area (Å²) < 4.78 is 8.88. The van der Waals surface area contributed by atoms with E-state index in [0.29, 0.717) is 12.5 Å². The molecule has 0 aromatic rings. The lowest BCUT2D eigenvalue weighted by atomic mass is 10.6. The summed E-state index contributed by atoms with van der Waals surface area (Å²) >= 11 is 0. The van der Waals surface area contributed by atoms with Crippen molar-refractivity contribution in [2.75, 3.05) is 13.6 Å². The molecule has 5 N–H and O–H groups in total. The van der Waals surface area contributed by atoms with Gasteiger partial charge in [0, 0.05) is 7.05 Å². The summed E-state index contributed by atoms with van der Waals surface area (Å²) in [5.41, 5.74) is 5.22. The minimum atomic E-state index is -4.64. The molecule has 8 nitrogen and oxygen atoms in total. The molecule has 76 valence electrons. The number of rotatable bonds is 0. The fourth-order valence-electron chi connectivity index (χ4n) is 0.532.